The van der Waals surface area contributed by atoms with Crippen molar-refractivity contribution in [1.82, 2.24) is 14.7 Å². The van der Waals surface area contributed by atoms with E-state index in [0.717, 1.165) is 36.9 Å². The fourth-order valence-electron chi connectivity index (χ4n) is 8.75. The summed E-state index contributed by atoms with van der Waals surface area (Å²) in [7, 11) is 5.46. The van der Waals surface area contributed by atoms with E-state index in [1.807, 2.05) is 21.3 Å². The van der Waals surface area contributed by atoms with Crippen LogP contribution in [0.25, 0.3) is 0 Å². The lowest BCUT2D eigenvalue weighted by atomic mass is 9.99. The third-order valence-electron chi connectivity index (χ3n) is 10.9. The second-order valence-corrected chi connectivity index (χ2v) is 15.7. The predicted octanol–water partition coefficient (Wildman–Crippen LogP) is 10.6. The molecule has 0 aromatic heterocycles. The molecule has 0 unspecified atom stereocenters. The fourth-order valence-corrected chi connectivity index (χ4v) is 8.75. The van der Waals surface area contributed by atoms with Crippen LogP contribution in [0, 0.1) is 20.8 Å². The lowest BCUT2D eigenvalue weighted by Crippen LogP contribution is -2.27. The van der Waals surface area contributed by atoms with E-state index in [0.29, 0.717) is 39.3 Å². The highest BCUT2D eigenvalue weighted by molar-refractivity contribution is 5.48. The highest BCUT2D eigenvalue weighted by atomic mass is 16.5. The zero-order valence-electron chi connectivity index (χ0n) is 34.6. The van der Waals surface area contributed by atoms with Crippen molar-refractivity contribution in [2.75, 3.05) is 21.3 Å². The Morgan fingerprint density at radius 3 is 0.754 bits per heavy atom. The van der Waals surface area contributed by atoms with Gasteiger partial charge in [0.1, 0.15) is 17.2 Å². The second kappa shape index (κ2) is 18.7. The number of aryl methyl sites for hydroxylation is 3. The van der Waals surface area contributed by atoms with Crippen LogP contribution in [0.5, 0.6) is 17.2 Å². The molecular formula is C51H57N3O3. The van der Waals surface area contributed by atoms with E-state index in [1.165, 1.54) is 66.8 Å². The molecule has 6 aromatic rings. The molecule has 0 radical (unpaired) electrons. The molecule has 0 aliphatic carbocycles. The lowest BCUT2D eigenvalue weighted by Gasteiger charge is -2.30. The van der Waals surface area contributed by atoms with Gasteiger partial charge in [0.15, 0.2) is 0 Å². The van der Waals surface area contributed by atoms with Gasteiger partial charge in [-0.2, -0.15) is 0 Å². The van der Waals surface area contributed by atoms with Crippen LogP contribution < -0.4 is 14.2 Å². The van der Waals surface area contributed by atoms with E-state index < -0.39 is 0 Å². The summed E-state index contributed by atoms with van der Waals surface area (Å²) in [6.07, 6.45) is 0. The molecule has 0 atom stereocenters. The maximum atomic E-state index is 6.38. The average molecular weight is 760 g/mol. The van der Waals surface area contributed by atoms with Gasteiger partial charge in [0.05, 0.1) is 21.3 Å². The minimum atomic E-state index is 0.715. The highest BCUT2D eigenvalue weighted by Crippen LogP contribution is 2.36. The van der Waals surface area contributed by atoms with Crippen LogP contribution in [0.15, 0.2) is 127 Å². The fraction of sp³-hybridized carbons (Fsp3) is 0.294. The maximum Gasteiger partial charge on any atom is 0.127 e. The Morgan fingerprint density at radius 2 is 0.561 bits per heavy atom. The third kappa shape index (κ3) is 10.1. The summed E-state index contributed by atoms with van der Waals surface area (Å²) in [5, 5.41) is 0. The smallest absolute Gasteiger partial charge is 0.127 e. The molecule has 7 rings (SSSR count). The number of rotatable bonds is 9. The summed E-state index contributed by atoms with van der Waals surface area (Å²) >= 11 is 0. The number of hydrogen-bond acceptors (Lipinski definition) is 6. The Balaban J connectivity index is 1.40. The van der Waals surface area contributed by atoms with Crippen molar-refractivity contribution in [3.63, 3.8) is 0 Å². The van der Waals surface area contributed by atoms with Gasteiger partial charge in [0, 0.05) is 92.3 Å². The molecule has 1 heterocycles. The van der Waals surface area contributed by atoms with E-state index >= 15 is 0 Å². The van der Waals surface area contributed by atoms with Gasteiger partial charge < -0.3 is 14.2 Å². The molecule has 0 fully saturated rings. The summed E-state index contributed by atoms with van der Waals surface area (Å²) in [6.45, 7) is 13.3. The first-order valence-corrected chi connectivity index (χ1v) is 20.1. The molecule has 0 spiro atoms. The zero-order chi connectivity index (χ0) is 39.7. The van der Waals surface area contributed by atoms with Crippen molar-refractivity contribution in [2.24, 2.45) is 0 Å². The van der Waals surface area contributed by atoms with Crippen molar-refractivity contribution in [3.05, 3.63) is 194 Å². The molecule has 294 valence electrons. The van der Waals surface area contributed by atoms with Gasteiger partial charge in [-0.3, -0.25) is 14.7 Å². The first-order valence-electron chi connectivity index (χ1n) is 20.1. The SMILES string of the molecule is COc1c2cc(C)cc1CN(Cc1ccccc1)Cc1cc(C)cc(c1OC)CN(Cc1ccccc1)Cc1cc(C)cc(c1OC)CN(Cc1ccccc1)C2. The predicted molar refractivity (Wildman–Crippen MR) is 231 cm³/mol. The minimum absolute atomic E-state index is 0.715. The number of hydrogen-bond donors (Lipinski definition) is 0. The van der Waals surface area contributed by atoms with Crippen LogP contribution in [0.3, 0.4) is 0 Å². The van der Waals surface area contributed by atoms with Crippen LogP contribution in [-0.2, 0) is 58.9 Å². The Kier molecular flexibility index (Phi) is 13.1. The van der Waals surface area contributed by atoms with Gasteiger partial charge in [0.2, 0.25) is 0 Å². The number of methoxy groups -OCH3 is 3. The summed E-state index contributed by atoms with van der Waals surface area (Å²) < 4.78 is 19.1. The average Bonchev–Trinajstić information content (AvgIpc) is 3.18. The van der Waals surface area contributed by atoms with Crippen LogP contribution in [0.1, 0.15) is 66.8 Å². The molecular weight excluding hydrogens is 703 g/mol. The molecule has 0 amide bonds. The molecule has 6 bridgehead atoms. The first kappa shape index (κ1) is 39.8. The van der Waals surface area contributed by atoms with Crippen molar-refractivity contribution < 1.29 is 14.2 Å². The molecule has 6 nitrogen and oxygen atoms in total. The van der Waals surface area contributed by atoms with E-state index in [2.05, 4.69) is 163 Å². The topological polar surface area (TPSA) is 37.4 Å². The number of benzene rings is 6. The van der Waals surface area contributed by atoms with Crippen molar-refractivity contribution in [3.8, 4) is 17.2 Å². The van der Waals surface area contributed by atoms with Crippen molar-refractivity contribution in [2.45, 2.75) is 79.7 Å². The molecule has 6 heteroatoms. The molecule has 0 saturated carbocycles. The Hall–Kier alpha value is -5.40. The van der Waals surface area contributed by atoms with E-state index in [9.17, 15) is 0 Å². The summed E-state index contributed by atoms with van der Waals surface area (Å²) in [5.41, 5.74) is 14.6. The number of fused-ring (bicyclic) bond motifs is 6. The Labute approximate surface area is 340 Å². The Bertz CT molecular complexity index is 1900. The second-order valence-electron chi connectivity index (χ2n) is 15.7. The molecule has 57 heavy (non-hydrogen) atoms. The third-order valence-corrected chi connectivity index (χ3v) is 10.9. The Morgan fingerprint density at radius 1 is 0.351 bits per heavy atom. The van der Waals surface area contributed by atoms with E-state index in [-0.39, 0.29) is 0 Å². The standard InChI is InChI=1S/C51H57N3O3/c1-37-22-43-31-52(28-40-16-10-7-11-17-40)33-45-24-38(2)26-47(50(45)56-5)35-54(30-42-20-14-9-15-21-42)36-48-27-39(3)25-46(51(48)57-6)34-53(29-41-18-12-8-13-19-41)32-44(23-37)49(43)55-4/h7-27H,28-36H2,1-6H3. The van der Waals surface area contributed by atoms with Crippen LogP contribution in [-0.4, -0.2) is 36.0 Å². The normalized spacial score (nSPS) is 14.4. The quantitative estimate of drug-likeness (QED) is 0.146. The molecule has 1 aliphatic heterocycles. The van der Waals surface area contributed by atoms with Crippen LogP contribution >= 0.6 is 0 Å². The van der Waals surface area contributed by atoms with Gasteiger partial charge in [0.25, 0.3) is 0 Å². The van der Waals surface area contributed by atoms with E-state index in [4.69, 9.17) is 14.2 Å². The van der Waals surface area contributed by atoms with E-state index in [1.54, 1.807) is 0 Å². The summed E-state index contributed by atoms with van der Waals surface area (Å²) in [6, 6.07) is 46.2. The maximum absolute atomic E-state index is 6.38. The van der Waals surface area contributed by atoms with Gasteiger partial charge in [-0.25, -0.2) is 0 Å². The van der Waals surface area contributed by atoms with Crippen LogP contribution in [0.2, 0.25) is 0 Å². The molecule has 0 N–H and O–H groups in total. The van der Waals surface area contributed by atoms with Crippen molar-refractivity contribution >= 4 is 0 Å². The van der Waals surface area contributed by atoms with Crippen molar-refractivity contribution in [1.29, 1.82) is 0 Å². The highest BCUT2D eigenvalue weighted by Gasteiger charge is 2.24. The first-order chi connectivity index (χ1) is 27.8. The summed E-state index contributed by atoms with van der Waals surface area (Å²) in [5.74, 6) is 2.84. The summed E-state index contributed by atoms with van der Waals surface area (Å²) in [4.78, 5) is 7.59. The largest absolute Gasteiger partial charge is 0.496 e. The van der Waals surface area contributed by atoms with Gasteiger partial charge in [-0.05, 0) is 37.5 Å². The lowest BCUT2D eigenvalue weighted by molar-refractivity contribution is 0.225. The number of ether oxygens (including phenoxy) is 3. The zero-order valence-corrected chi connectivity index (χ0v) is 34.6. The van der Waals surface area contributed by atoms with Gasteiger partial charge >= 0.3 is 0 Å². The monoisotopic (exact) mass is 759 g/mol. The van der Waals surface area contributed by atoms with Gasteiger partial charge in [-0.15, -0.1) is 0 Å². The van der Waals surface area contributed by atoms with Crippen LogP contribution in [0.4, 0.5) is 0 Å². The molecule has 0 saturated heterocycles. The molecule has 1 aliphatic rings. The van der Waals surface area contributed by atoms with Gasteiger partial charge in [-0.1, -0.05) is 144 Å². The number of nitrogens with zero attached hydrogens (tertiary/aromatic N) is 3. The molecule has 6 aromatic carbocycles. The minimum Gasteiger partial charge on any atom is -0.496 e.